The van der Waals surface area contributed by atoms with Gasteiger partial charge in [0.1, 0.15) is 5.75 Å². The van der Waals surface area contributed by atoms with E-state index in [0.717, 1.165) is 15.6 Å². The molecule has 1 amide bonds. The molecule has 0 fully saturated rings. The molecule has 0 bridgehead atoms. The van der Waals surface area contributed by atoms with Crippen molar-refractivity contribution in [2.75, 3.05) is 6.61 Å². The van der Waals surface area contributed by atoms with Crippen LogP contribution in [0.2, 0.25) is 5.02 Å². The molecular weight excluding hydrogens is 434 g/mol. The van der Waals surface area contributed by atoms with Crippen LogP contribution in [0.25, 0.3) is 11.4 Å². The van der Waals surface area contributed by atoms with Crippen LogP contribution < -0.4 is 10.1 Å². The molecule has 3 aromatic rings. The molecule has 0 radical (unpaired) electrons. The molecule has 3 rings (SSSR count). The Balaban J connectivity index is 1.54. The smallest absolute Gasteiger partial charge is 0.258 e. The van der Waals surface area contributed by atoms with Crippen LogP contribution in [0.4, 0.5) is 0 Å². The van der Waals surface area contributed by atoms with Crippen molar-refractivity contribution in [3.8, 4) is 17.1 Å². The summed E-state index contributed by atoms with van der Waals surface area (Å²) in [5.74, 6) is 1.05. The molecule has 0 aliphatic rings. The monoisotopic (exact) mass is 449 g/mol. The Morgan fingerprint density at radius 3 is 2.81 bits per heavy atom. The van der Waals surface area contributed by atoms with Gasteiger partial charge in [-0.3, -0.25) is 4.79 Å². The second kappa shape index (κ2) is 8.54. The van der Waals surface area contributed by atoms with Crippen LogP contribution in [0.15, 0.2) is 45.4 Å². The van der Waals surface area contributed by atoms with Crippen LogP contribution in [-0.4, -0.2) is 22.7 Å². The molecule has 6 nitrogen and oxygen atoms in total. The summed E-state index contributed by atoms with van der Waals surface area (Å²) in [5.41, 5.74) is 2.65. The van der Waals surface area contributed by atoms with Gasteiger partial charge in [-0.05, 0) is 49.2 Å². The number of benzene rings is 2. The number of nitrogens with one attached hydrogen (secondary N) is 1. The molecule has 0 spiro atoms. The van der Waals surface area contributed by atoms with Gasteiger partial charge in [0, 0.05) is 10.0 Å². The molecule has 1 heterocycles. The maximum Gasteiger partial charge on any atom is 0.258 e. The fraction of sp³-hybridized carbons (Fsp3) is 0.211. The zero-order valence-electron chi connectivity index (χ0n) is 14.8. The Morgan fingerprint density at radius 2 is 2.04 bits per heavy atom. The lowest BCUT2D eigenvalue weighted by atomic mass is 10.1. The number of halogens is 2. The van der Waals surface area contributed by atoms with E-state index in [9.17, 15) is 4.79 Å². The first kappa shape index (κ1) is 19.4. The Kier molecular flexibility index (Phi) is 6.13. The number of amides is 1. The number of hydrogen-bond donors (Lipinski definition) is 1. The molecule has 27 heavy (non-hydrogen) atoms. The van der Waals surface area contributed by atoms with E-state index in [0.29, 0.717) is 22.2 Å². The molecule has 0 aliphatic carbocycles. The molecular formula is C19H17BrClN3O3. The quantitative estimate of drug-likeness (QED) is 0.600. The van der Waals surface area contributed by atoms with E-state index in [-0.39, 0.29) is 24.9 Å². The van der Waals surface area contributed by atoms with Gasteiger partial charge >= 0.3 is 0 Å². The summed E-state index contributed by atoms with van der Waals surface area (Å²) in [7, 11) is 0. The summed E-state index contributed by atoms with van der Waals surface area (Å²) in [6.07, 6.45) is 0. The highest BCUT2D eigenvalue weighted by Gasteiger charge is 2.13. The Bertz CT molecular complexity index is 975. The van der Waals surface area contributed by atoms with E-state index in [1.54, 1.807) is 12.1 Å². The minimum absolute atomic E-state index is 0.104. The van der Waals surface area contributed by atoms with Crippen molar-refractivity contribution in [2.45, 2.75) is 20.4 Å². The number of nitrogens with zero attached hydrogens (tertiary/aromatic N) is 2. The van der Waals surface area contributed by atoms with Gasteiger partial charge in [0.05, 0.1) is 11.6 Å². The zero-order valence-corrected chi connectivity index (χ0v) is 17.1. The van der Waals surface area contributed by atoms with Gasteiger partial charge in [0.2, 0.25) is 11.7 Å². The molecule has 0 atom stereocenters. The highest BCUT2D eigenvalue weighted by atomic mass is 79.9. The van der Waals surface area contributed by atoms with E-state index in [1.807, 2.05) is 38.1 Å². The van der Waals surface area contributed by atoms with Crippen LogP contribution in [0, 0.1) is 13.8 Å². The fourth-order valence-electron chi connectivity index (χ4n) is 2.36. The molecule has 0 aliphatic heterocycles. The largest absolute Gasteiger partial charge is 0.483 e. The summed E-state index contributed by atoms with van der Waals surface area (Å²) in [5, 5.41) is 7.11. The molecule has 2 aromatic carbocycles. The van der Waals surface area contributed by atoms with Gasteiger partial charge in [-0.1, -0.05) is 44.8 Å². The van der Waals surface area contributed by atoms with E-state index in [1.165, 1.54) is 0 Å². The predicted octanol–water partition coefficient (Wildman–Crippen LogP) is 4.46. The van der Waals surface area contributed by atoms with Gasteiger partial charge in [-0.15, -0.1) is 0 Å². The lowest BCUT2D eigenvalue weighted by molar-refractivity contribution is -0.123. The van der Waals surface area contributed by atoms with E-state index in [4.69, 9.17) is 20.9 Å². The molecule has 8 heteroatoms. The second-order valence-corrected chi connectivity index (χ2v) is 7.19. The summed E-state index contributed by atoms with van der Waals surface area (Å²) < 4.78 is 11.8. The van der Waals surface area contributed by atoms with Gasteiger partial charge in [0.25, 0.3) is 5.91 Å². The van der Waals surface area contributed by atoms with E-state index < -0.39 is 0 Å². The fourth-order valence-corrected chi connectivity index (χ4v) is 3.04. The SMILES string of the molecule is Cc1cc(OCC(=O)NCc2nc(-c3ccccc3Cl)no2)c(C)cc1Br. The van der Waals surface area contributed by atoms with Crippen molar-refractivity contribution < 1.29 is 14.1 Å². The number of carbonyl (C=O) groups excluding carboxylic acids is 1. The number of carbonyl (C=O) groups is 1. The van der Waals surface area contributed by atoms with Gasteiger partial charge in [-0.25, -0.2) is 0 Å². The highest BCUT2D eigenvalue weighted by molar-refractivity contribution is 9.10. The number of ether oxygens (including phenoxy) is 1. The molecule has 1 aromatic heterocycles. The third-order valence-corrected chi connectivity index (χ3v) is 5.02. The van der Waals surface area contributed by atoms with Gasteiger partial charge < -0.3 is 14.6 Å². The van der Waals surface area contributed by atoms with Crippen molar-refractivity contribution in [3.63, 3.8) is 0 Å². The minimum atomic E-state index is -0.285. The summed E-state index contributed by atoms with van der Waals surface area (Å²) in [6.45, 7) is 3.89. The first-order valence-electron chi connectivity index (χ1n) is 8.18. The zero-order chi connectivity index (χ0) is 19.4. The van der Waals surface area contributed by atoms with Crippen molar-refractivity contribution in [1.29, 1.82) is 0 Å². The van der Waals surface area contributed by atoms with E-state index in [2.05, 4.69) is 31.4 Å². The third kappa shape index (κ3) is 4.87. The summed E-state index contributed by atoms with van der Waals surface area (Å²) in [4.78, 5) is 16.3. The van der Waals surface area contributed by atoms with Crippen molar-refractivity contribution >= 4 is 33.4 Å². The Morgan fingerprint density at radius 1 is 1.26 bits per heavy atom. The van der Waals surface area contributed by atoms with Gasteiger partial charge in [-0.2, -0.15) is 4.98 Å². The van der Waals surface area contributed by atoms with Crippen molar-refractivity contribution in [1.82, 2.24) is 15.5 Å². The average molecular weight is 451 g/mol. The van der Waals surface area contributed by atoms with Crippen LogP contribution >= 0.6 is 27.5 Å². The van der Waals surface area contributed by atoms with Crippen molar-refractivity contribution in [3.05, 3.63) is 62.9 Å². The van der Waals surface area contributed by atoms with Crippen molar-refractivity contribution in [2.24, 2.45) is 0 Å². The standard InChI is InChI=1S/C19H17BrClN3O3/c1-11-8-16(12(2)7-14(11)20)26-10-17(25)22-9-18-23-19(24-27-18)13-5-3-4-6-15(13)21/h3-8H,9-10H2,1-2H3,(H,22,25). The normalized spacial score (nSPS) is 10.7. The predicted molar refractivity (Wildman–Crippen MR) is 106 cm³/mol. The summed E-state index contributed by atoms with van der Waals surface area (Å²) in [6, 6.07) is 11.0. The number of hydrogen-bond acceptors (Lipinski definition) is 5. The Hall–Kier alpha value is -2.38. The maximum absolute atomic E-state index is 12.0. The van der Waals surface area contributed by atoms with Crippen LogP contribution in [0.3, 0.4) is 0 Å². The first-order chi connectivity index (χ1) is 12.9. The lowest BCUT2D eigenvalue weighted by Crippen LogP contribution is -2.28. The van der Waals surface area contributed by atoms with Crippen LogP contribution in [0.1, 0.15) is 17.0 Å². The second-order valence-electron chi connectivity index (χ2n) is 5.92. The average Bonchev–Trinajstić information content (AvgIpc) is 3.11. The molecule has 1 N–H and O–H groups in total. The lowest BCUT2D eigenvalue weighted by Gasteiger charge is -2.11. The molecule has 140 valence electrons. The molecule has 0 saturated carbocycles. The Labute approximate surface area is 170 Å². The maximum atomic E-state index is 12.0. The number of rotatable bonds is 6. The third-order valence-electron chi connectivity index (χ3n) is 3.83. The highest BCUT2D eigenvalue weighted by Crippen LogP contribution is 2.26. The topological polar surface area (TPSA) is 77.2 Å². The van der Waals surface area contributed by atoms with Gasteiger partial charge in [0.15, 0.2) is 6.61 Å². The molecule has 0 unspecified atom stereocenters. The van der Waals surface area contributed by atoms with E-state index >= 15 is 0 Å². The first-order valence-corrected chi connectivity index (χ1v) is 9.35. The number of aryl methyl sites for hydroxylation is 2. The molecule has 0 saturated heterocycles. The van der Waals surface area contributed by atoms with Crippen LogP contribution in [0.5, 0.6) is 5.75 Å². The number of aromatic nitrogens is 2. The minimum Gasteiger partial charge on any atom is -0.483 e. The summed E-state index contributed by atoms with van der Waals surface area (Å²) >= 11 is 9.59. The van der Waals surface area contributed by atoms with Crippen LogP contribution in [-0.2, 0) is 11.3 Å².